The zero-order valence-electron chi connectivity index (χ0n) is 31.8. The quantitative estimate of drug-likeness (QED) is 0.0942. The van der Waals surface area contributed by atoms with E-state index in [0.717, 1.165) is 50.0 Å². The molecule has 4 fully saturated rings. The number of carboxylic acids is 1. The summed E-state index contributed by atoms with van der Waals surface area (Å²) in [6.45, 7) is 10.5. The molecule has 276 valence electrons. The molecule has 2 N–H and O–H groups in total. The number of hydrogen-bond acceptors (Lipinski definition) is 3. The van der Waals surface area contributed by atoms with Crippen LogP contribution in [0.2, 0.25) is 0 Å². The highest BCUT2D eigenvalue weighted by atomic mass is 16.6. The summed E-state index contributed by atoms with van der Waals surface area (Å²) in [5.74, 6) is 3.60. The zero-order valence-corrected chi connectivity index (χ0v) is 31.8. The number of rotatable bonds is 21. The highest BCUT2D eigenvalue weighted by Crippen LogP contribution is 2.68. The maximum Gasteiger partial charge on any atom is 0.407 e. The molecule has 0 spiro atoms. The van der Waals surface area contributed by atoms with E-state index in [4.69, 9.17) is 4.74 Å². The van der Waals surface area contributed by atoms with E-state index < -0.39 is 5.97 Å². The van der Waals surface area contributed by atoms with Gasteiger partial charge in [0.2, 0.25) is 0 Å². The second-order valence-corrected chi connectivity index (χ2v) is 17.5. The first-order valence-corrected chi connectivity index (χ1v) is 21.0. The van der Waals surface area contributed by atoms with E-state index in [1.54, 1.807) is 0 Å². The summed E-state index contributed by atoms with van der Waals surface area (Å²) in [4.78, 5) is 23.9. The molecule has 9 atom stereocenters. The number of aliphatic carboxylic acids is 1. The van der Waals surface area contributed by atoms with Crippen LogP contribution in [-0.4, -0.2) is 29.8 Å². The lowest BCUT2D eigenvalue weighted by atomic mass is 9.44. The van der Waals surface area contributed by atoms with E-state index in [9.17, 15) is 14.7 Å². The molecule has 1 amide bonds. The lowest BCUT2D eigenvalue weighted by molar-refractivity contribution is -0.138. The van der Waals surface area contributed by atoms with Gasteiger partial charge in [0, 0.05) is 13.0 Å². The molecule has 0 heterocycles. The number of nitrogens with one attached hydrogen (secondary N) is 1. The SMILES string of the molecule is CCCCCCCCC=CCCCCCCCCNC(=O)O[C@@H]1CC[C@@]2(C)C(CCC3C2CC[C@@]2(C)C3CC[C@@H]2[C@H](C)CCC(=O)O)C1. The Kier molecular flexibility index (Phi) is 16.2. The molecular weight excluding hydrogens is 594 g/mol. The van der Waals surface area contributed by atoms with Crippen LogP contribution in [0.3, 0.4) is 0 Å². The number of hydrogen-bond donors (Lipinski definition) is 2. The molecular formula is C43H75NO4. The number of allylic oxidation sites excluding steroid dienone is 2. The molecule has 0 aromatic rings. The molecule has 5 nitrogen and oxygen atoms in total. The smallest absolute Gasteiger partial charge is 0.407 e. The van der Waals surface area contributed by atoms with Gasteiger partial charge in [-0.1, -0.05) is 97.6 Å². The molecule has 0 aliphatic heterocycles. The second-order valence-electron chi connectivity index (χ2n) is 17.5. The Hall–Kier alpha value is -1.52. The molecule has 4 saturated carbocycles. The van der Waals surface area contributed by atoms with Crippen molar-refractivity contribution in [3.8, 4) is 0 Å². The third kappa shape index (κ3) is 10.7. The van der Waals surface area contributed by atoms with Gasteiger partial charge in [-0.05, 0) is 143 Å². The van der Waals surface area contributed by atoms with Crippen molar-refractivity contribution in [1.29, 1.82) is 0 Å². The first-order chi connectivity index (χ1) is 23.2. The van der Waals surface area contributed by atoms with E-state index in [2.05, 4.69) is 45.2 Å². The lowest BCUT2D eigenvalue weighted by Gasteiger charge is -2.61. The van der Waals surface area contributed by atoms with E-state index >= 15 is 0 Å². The van der Waals surface area contributed by atoms with Crippen molar-refractivity contribution in [2.45, 2.75) is 194 Å². The van der Waals surface area contributed by atoms with Crippen molar-refractivity contribution >= 4 is 12.1 Å². The van der Waals surface area contributed by atoms with Crippen LogP contribution in [0.15, 0.2) is 12.2 Å². The zero-order chi connectivity index (χ0) is 34.4. The molecule has 0 aromatic heterocycles. The third-order valence-corrected chi connectivity index (χ3v) is 14.4. The Morgan fingerprint density at radius 3 is 2.10 bits per heavy atom. The lowest BCUT2D eigenvalue weighted by Crippen LogP contribution is -2.54. The van der Waals surface area contributed by atoms with Gasteiger partial charge < -0.3 is 15.2 Å². The summed E-state index contributed by atoms with van der Waals surface area (Å²) in [5.41, 5.74) is 0.752. The maximum absolute atomic E-state index is 12.7. The van der Waals surface area contributed by atoms with Crippen LogP contribution in [0.1, 0.15) is 188 Å². The van der Waals surface area contributed by atoms with E-state index in [-0.39, 0.29) is 12.2 Å². The van der Waals surface area contributed by atoms with Gasteiger partial charge in [0.25, 0.3) is 0 Å². The fraction of sp³-hybridized carbons (Fsp3) is 0.907. The van der Waals surface area contributed by atoms with Gasteiger partial charge in [-0.3, -0.25) is 4.79 Å². The van der Waals surface area contributed by atoms with Gasteiger partial charge in [0.05, 0.1) is 0 Å². The molecule has 4 aliphatic carbocycles. The molecule has 48 heavy (non-hydrogen) atoms. The van der Waals surface area contributed by atoms with Crippen LogP contribution in [0, 0.1) is 46.3 Å². The number of unbranched alkanes of at least 4 members (excludes halogenated alkanes) is 12. The Bertz CT molecular complexity index is 995. The summed E-state index contributed by atoms with van der Waals surface area (Å²) < 4.78 is 6.02. The molecule has 4 unspecified atom stereocenters. The summed E-state index contributed by atoms with van der Waals surface area (Å²) in [6.07, 6.45) is 35.0. The minimum atomic E-state index is -0.651. The summed E-state index contributed by atoms with van der Waals surface area (Å²) >= 11 is 0. The van der Waals surface area contributed by atoms with E-state index in [0.29, 0.717) is 35.0 Å². The predicted octanol–water partition coefficient (Wildman–Crippen LogP) is 12.3. The van der Waals surface area contributed by atoms with Gasteiger partial charge in [0.1, 0.15) is 6.10 Å². The van der Waals surface area contributed by atoms with Crippen LogP contribution in [-0.2, 0) is 9.53 Å². The van der Waals surface area contributed by atoms with Crippen molar-refractivity contribution in [2.24, 2.45) is 46.3 Å². The minimum Gasteiger partial charge on any atom is -0.481 e. The number of fused-ring (bicyclic) bond motifs is 5. The number of alkyl carbamates (subject to hydrolysis) is 1. The Morgan fingerprint density at radius 1 is 0.792 bits per heavy atom. The van der Waals surface area contributed by atoms with Crippen LogP contribution in [0.4, 0.5) is 4.79 Å². The van der Waals surface area contributed by atoms with Crippen LogP contribution < -0.4 is 5.32 Å². The number of carboxylic acid groups (broad SMARTS) is 1. The predicted molar refractivity (Wildman–Crippen MR) is 199 cm³/mol. The average Bonchev–Trinajstić information content (AvgIpc) is 3.42. The first-order valence-electron chi connectivity index (χ1n) is 21.0. The largest absolute Gasteiger partial charge is 0.481 e. The molecule has 0 saturated heterocycles. The second kappa shape index (κ2) is 19.8. The van der Waals surface area contributed by atoms with Crippen molar-refractivity contribution < 1.29 is 19.4 Å². The van der Waals surface area contributed by atoms with Crippen LogP contribution in [0.5, 0.6) is 0 Å². The van der Waals surface area contributed by atoms with Crippen molar-refractivity contribution in [1.82, 2.24) is 5.32 Å². The number of carbonyl (C=O) groups is 2. The van der Waals surface area contributed by atoms with Gasteiger partial charge in [-0.2, -0.15) is 0 Å². The van der Waals surface area contributed by atoms with E-state index in [1.807, 2.05) is 0 Å². The van der Waals surface area contributed by atoms with Crippen molar-refractivity contribution in [3.05, 3.63) is 12.2 Å². The Balaban J connectivity index is 1.06. The topological polar surface area (TPSA) is 75.6 Å². The van der Waals surface area contributed by atoms with Crippen molar-refractivity contribution in [3.63, 3.8) is 0 Å². The fourth-order valence-corrected chi connectivity index (χ4v) is 11.6. The molecule has 4 aliphatic rings. The molecule has 0 radical (unpaired) electrons. The van der Waals surface area contributed by atoms with Crippen molar-refractivity contribution in [2.75, 3.05) is 6.54 Å². The number of carbonyl (C=O) groups excluding carboxylic acids is 1. The van der Waals surface area contributed by atoms with Crippen LogP contribution >= 0.6 is 0 Å². The Morgan fingerprint density at radius 2 is 1.42 bits per heavy atom. The van der Waals surface area contributed by atoms with Gasteiger partial charge in [0.15, 0.2) is 0 Å². The van der Waals surface area contributed by atoms with Crippen LogP contribution in [0.25, 0.3) is 0 Å². The molecule has 0 aromatic carbocycles. The van der Waals surface area contributed by atoms with E-state index in [1.165, 1.54) is 128 Å². The highest BCUT2D eigenvalue weighted by molar-refractivity contribution is 5.67. The summed E-state index contributed by atoms with van der Waals surface area (Å²) in [6, 6.07) is 0. The maximum atomic E-state index is 12.7. The Labute approximate surface area is 295 Å². The minimum absolute atomic E-state index is 0.0688. The van der Waals surface area contributed by atoms with Gasteiger partial charge >= 0.3 is 12.1 Å². The number of ether oxygens (including phenoxy) is 1. The first kappa shape index (κ1) is 39.3. The van der Waals surface area contributed by atoms with Gasteiger partial charge in [-0.15, -0.1) is 0 Å². The third-order valence-electron chi connectivity index (χ3n) is 14.4. The standard InChI is InChI=1S/C43H75NO4/c1-5-6-7-8-9-10-11-12-13-14-15-16-17-18-19-20-31-44-41(47)48-35-27-29-42(3)34(32-35)22-23-36-38-25-24-37(33(2)21-26-40(45)46)43(38,4)30-28-39(36)42/h12-13,33-39H,5-11,14-32H2,1-4H3,(H,44,47)(H,45,46)/t33-,34?,35-,36?,37-,38?,39?,42+,43-/m1/s1. The number of amides is 1. The molecule has 5 heteroatoms. The fourth-order valence-electron chi connectivity index (χ4n) is 11.6. The molecule has 4 rings (SSSR count). The normalized spacial score (nSPS) is 33.5. The average molecular weight is 670 g/mol. The molecule has 0 bridgehead atoms. The highest BCUT2D eigenvalue weighted by Gasteiger charge is 2.60. The monoisotopic (exact) mass is 670 g/mol. The summed E-state index contributed by atoms with van der Waals surface area (Å²) in [7, 11) is 0. The van der Waals surface area contributed by atoms with Gasteiger partial charge in [-0.25, -0.2) is 4.79 Å². The summed E-state index contributed by atoms with van der Waals surface area (Å²) in [5, 5.41) is 12.3.